The van der Waals surface area contributed by atoms with Gasteiger partial charge in [-0.25, -0.2) is 9.59 Å². The molecule has 2 rings (SSSR count). The molecule has 1 aromatic heterocycles. The van der Waals surface area contributed by atoms with Crippen molar-refractivity contribution in [3.05, 3.63) is 57.6 Å². The summed E-state index contributed by atoms with van der Waals surface area (Å²) in [4.78, 5) is 28.1. The summed E-state index contributed by atoms with van der Waals surface area (Å²) < 4.78 is 10.3. The summed E-state index contributed by atoms with van der Waals surface area (Å²) in [5, 5.41) is 9.94. The number of carbonyl (C=O) groups excluding carboxylic acids is 1. The molecule has 0 aliphatic heterocycles. The third-order valence-electron chi connectivity index (χ3n) is 4.29. The maximum absolute atomic E-state index is 12.0. The SMILES string of the molecule is CCCCCCCOC(=O)c1ccc(N=Cc2c(O)cc(CC)oc2=O)cc1. The van der Waals surface area contributed by atoms with Crippen molar-refractivity contribution in [3.8, 4) is 5.75 Å². The van der Waals surface area contributed by atoms with Gasteiger partial charge in [-0.15, -0.1) is 0 Å². The van der Waals surface area contributed by atoms with E-state index in [4.69, 9.17) is 9.15 Å². The lowest BCUT2D eigenvalue weighted by Crippen LogP contribution is -2.08. The van der Waals surface area contributed by atoms with E-state index in [0.29, 0.717) is 30.0 Å². The van der Waals surface area contributed by atoms with Gasteiger partial charge in [0.1, 0.15) is 17.1 Å². The first-order valence-corrected chi connectivity index (χ1v) is 9.72. The molecular weight excluding hydrogens is 358 g/mol. The van der Waals surface area contributed by atoms with Gasteiger partial charge < -0.3 is 14.3 Å². The van der Waals surface area contributed by atoms with Crippen LogP contribution in [0.2, 0.25) is 0 Å². The monoisotopic (exact) mass is 385 g/mol. The smallest absolute Gasteiger partial charge is 0.348 e. The van der Waals surface area contributed by atoms with E-state index in [1.54, 1.807) is 24.3 Å². The Kier molecular flexibility index (Phi) is 8.46. The molecule has 0 radical (unpaired) electrons. The Morgan fingerprint density at radius 2 is 1.86 bits per heavy atom. The van der Waals surface area contributed by atoms with Crippen LogP contribution in [-0.2, 0) is 11.2 Å². The fourth-order valence-corrected chi connectivity index (χ4v) is 2.61. The topological polar surface area (TPSA) is 89.1 Å². The summed E-state index contributed by atoms with van der Waals surface area (Å²) in [5.41, 5.74) is 0.333. The fraction of sp³-hybridized carbons (Fsp3) is 0.409. The van der Waals surface area contributed by atoms with Gasteiger partial charge >= 0.3 is 11.6 Å². The number of benzene rings is 1. The van der Waals surface area contributed by atoms with Crippen molar-refractivity contribution in [1.29, 1.82) is 0 Å². The quantitative estimate of drug-likeness (QED) is 0.361. The molecule has 0 saturated heterocycles. The summed E-state index contributed by atoms with van der Waals surface area (Å²) in [6.45, 7) is 4.41. The van der Waals surface area contributed by atoms with Crippen LogP contribution in [0.3, 0.4) is 0 Å². The number of aliphatic imine (C=N–C) groups is 1. The zero-order valence-electron chi connectivity index (χ0n) is 16.4. The molecule has 0 spiro atoms. The molecule has 1 N–H and O–H groups in total. The summed E-state index contributed by atoms with van der Waals surface area (Å²) in [5.74, 6) is -0.122. The summed E-state index contributed by atoms with van der Waals surface area (Å²) in [7, 11) is 0. The summed E-state index contributed by atoms with van der Waals surface area (Å²) in [6, 6.07) is 7.94. The number of hydrogen-bond donors (Lipinski definition) is 1. The van der Waals surface area contributed by atoms with Crippen LogP contribution in [0.1, 0.15) is 67.6 Å². The van der Waals surface area contributed by atoms with Crippen LogP contribution in [-0.4, -0.2) is 23.9 Å². The molecular formula is C22H27NO5. The van der Waals surface area contributed by atoms with E-state index in [-0.39, 0.29) is 17.3 Å². The van der Waals surface area contributed by atoms with Crippen molar-refractivity contribution in [2.75, 3.05) is 6.61 Å². The van der Waals surface area contributed by atoms with E-state index < -0.39 is 5.63 Å². The van der Waals surface area contributed by atoms with Crippen LogP contribution in [0.15, 0.2) is 44.5 Å². The van der Waals surface area contributed by atoms with Gasteiger partial charge in [0.15, 0.2) is 0 Å². The maximum atomic E-state index is 12.0. The standard InChI is InChI=1S/C22H27NO5/c1-3-5-6-7-8-13-27-21(25)16-9-11-17(12-10-16)23-15-19-20(24)14-18(4-2)28-22(19)26/h9-12,14-15,24H,3-8,13H2,1-2H3. The van der Waals surface area contributed by atoms with Crippen molar-refractivity contribution in [3.63, 3.8) is 0 Å². The number of aromatic hydroxyl groups is 1. The zero-order chi connectivity index (χ0) is 20.4. The predicted molar refractivity (Wildman–Crippen MR) is 109 cm³/mol. The molecule has 0 fully saturated rings. The minimum absolute atomic E-state index is 0.0104. The lowest BCUT2D eigenvalue weighted by molar-refractivity contribution is 0.0497. The molecule has 0 aliphatic carbocycles. The van der Waals surface area contributed by atoms with Crippen LogP contribution in [0.25, 0.3) is 0 Å². The van der Waals surface area contributed by atoms with Crippen LogP contribution < -0.4 is 5.63 Å². The summed E-state index contributed by atoms with van der Waals surface area (Å²) >= 11 is 0. The second-order valence-electron chi connectivity index (χ2n) is 6.51. The van der Waals surface area contributed by atoms with Crippen LogP contribution in [0, 0.1) is 0 Å². The minimum atomic E-state index is -0.639. The highest BCUT2D eigenvalue weighted by Crippen LogP contribution is 2.17. The van der Waals surface area contributed by atoms with Gasteiger partial charge in [0.2, 0.25) is 0 Å². The number of nitrogens with zero attached hydrogens (tertiary/aromatic N) is 1. The Balaban J connectivity index is 1.93. The van der Waals surface area contributed by atoms with Crippen molar-refractivity contribution < 1.29 is 19.1 Å². The second kappa shape index (κ2) is 11.1. The molecule has 0 bridgehead atoms. The van der Waals surface area contributed by atoms with Crippen LogP contribution in [0.4, 0.5) is 5.69 Å². The van der Waals surface area contributed by atoms with Gasteiger partial charge in [0, 0.05) is 18.7 Å². The number of carbonyl (C=O) groups is 1. The first-order chi connectivity index (χ1) is 13.5. The molecule has 6 nitrogen and oxygen atoms in total. The van der Waals surface area contributed by atoms with Gasteiger partial charge in [-0.05, 0) is 30.7 Å². The number of hydrogen-bond acceptors (Lipinski definition) is 6. The Morgan fingerprint density at radius 1 is 1.14 bits per heavy atom. The minimum Gasteiger partial charge on any atom is -0.507 e. The van der Waals surface area contributed by atoms with E-state index in [0.717, 1.165) is 19.3 Å². The predicted octanol–water partition coefficient (Wildman–Crippen LogP) is 4.79. The van der Waals surface area contributed by atoms with Crippen LogP contribution in [0.5, 0.6) is 5.75 Å². The average molecular weight is 385 g/mol. The van der Waals surface area contributed by atoms with E-state index in [1.807, 2.05) is 6.92 Å². The van der Waals surface area contributed by atoms with E-state index in [9.17, 15) is 14.7 Å². The van der Waals surface area contributed by atoms with Gasteiger partial charge in [0.25, 0.3) is 0 Å². The average Bonchev–Trinajstić information content (AvgIpc) is 2.70. The van der Waals surface area contributed by atoms with Crippen molar-refractivity contribution in [1.82, 2.24) is 0 Å². The normalized spacial score (nSPS) is 11.1. The number of ether oxygens (including phenoxy) is 1. The number of rotatable bonds is 10. The highest BCUT2D eigenvalue weighted by molar-refractivity contribution is 5.90. The van der Waals surface area contributed by atoms with Gasteiger partial charge in [-0.1, -0.05) is 39.5 Å². The maximum Gasteiger partial charge on any atom is 0.348 e. The summed E-state index contributed by atoms with van der Waals surface area (Å²) in [6.07, 6.45) is 7.25. The Labute approximate surface area is 164 Å². The molecule has 1 aromatic carbocycles. The largest absolute Gasteiger partial charge is 0.507 e. The number of unbranched alkanes of at least 4 members (excludes halogenated alkanes) is 4. The molecule has 0 aliphatic rings. The molecule has 2 aromatic rings. The molecule has 28 heavy (non-hydrogen) atoms. The fourth-order valence-electron chi connectivity index (χ4n) is 2.61. The Hall–Kier alpha value is -2.89. The van der Waals surface area contributed by atoms with Crippen molar-refractivity contribution in [2.45, 2.75) is 52.4 Å². The highest BCUT2D eigenvalue weighted by Gasteiger charge is 2.09. The zero-order valence-corrected chi connectivity index (χ0v) is 16.4. The molecule has 0 saturated carbocycles. The molecule has 0 atom stereocenters. The van der Waals surface area contributed by atoms with Crippen LogP contribution >= 0.6 is 0 Å². The highest BCUT2D eigenvalue weighted by atomic mass is 16.5. The van der Waals surface area contributed by atoms with Gasteiger partial charge in [0.05, 0.1) is 17.9 Å². The number of aryl methyl sites for hydroxylation is 1. The van der Waals surface area contributed by atoms with Gasteiger partial charge in [-0.2, -0.15) is 0 Å². The molecule has 1 heterocycles. The van der Waals surface area contributed by atoms with Gasteiger partial charge in [-0.3, -0.25) is 4.99 Å². The molecule has 6 heteroatoms. The van der Waals surface area contributed by atoms with E-state index in [1.165, 1.54) is 25.1 Å². The molecule has 150 valence electrons. The lowest BCUT2D eigenvalue weighted by atomic mass is 10.2. The molecule has 0 amide bonds. The first-order valence-electron chi connectivity index (χ1n) is 9.72. The second-order valence-corrected chi connectivity index (χ2v) is 6.51. The Bertz CT molecular complexity index is 852. The van der Waals surface area contributed by atoms with E-state index >= 15 is 0 Å². The third-order valence-corrected chi connectivity index (χ3v) is 4.29. The number of esters is 1. The van der Waals surface area contributed by atoms with Crippen molar-refractivity contribution >= 4 is 17.9 Å². The van der Waals surface area contributed by atoms with Crippen molar-refractivity contribution in [2.24, 2.45) is 4.99 Å². The Morgan fingerprint density at radius 3 is 2.50 bits per heavy atom. The third kappa shape index (κ3) is 6.37. The first kappa shape index (κ1) is 21.4. The lowest BCUT2D eigenvalue weighted by Gasteiger charge is -2.05. The molecule has 0 unspecified atom stereocenters. The van der Waals surface area contributed by atoms with E-state index in [2.05, 4.69) is 11.9 Å².